The van der Waals surface area contributed by atoms with Crippen LogP contribution in [0, 0.1) is 11.2 Å². The Morgan fingerprint density at radius 3 is 2.60 bits per heavy atom. The molecule has 158 valence electrons. The Labute approximate surface area is 176 Å². The number of thiophene rings is 1. The van der Waals surface area contributed by atoms with Gasteiger partial charge in [0.1, 0.15) is 5.82 Å². The number of aliphatic hydroxyl groups is 1. The van der Waals surface area contributed by atoms with Gasteiger partial charge in [-0.3, -0.25) is 4.98 Å². The molecule has 0 amide bonds. The molecule has 1 aliphatic carbocycles. The van der Waals surface area contributed by atoms with Crippen molar-refractivity contribution < 1.29 is 22.7 Å². The molecule has 0 aliphatic heterocycles. The van der Waals surface area contributed by atoms with Gasteiger partial charge in [-0.2, -0.15) is 24.5 Å². The minimum absolute atomic E-state index is 0.0743. The molecular formula is C23H21F4NOS. The smallest absolute Gasteiger partial charge is 0.388 e. The average molecular weight is 435 g/mol. The van der Waals surface area contributed by atoms with Gasteiger partial charge < -0.3 is 5.11 Å². The molecule has 0 fully saturated rings. The molecule has 7 heteroatoms. The molecule has 0 saturated carbocycles. The second-order valence-corrected chi connectivity index (χ2v) is 9.36. The predicted molar refractivity (Wildman–Crippen MR) is 109 cm³/mol. The van der Waals surface area contributed by atoms with E-state index < -0.39 is 23.7 Å². The third kappa shape index (κ3) is 4.14. The van der Waals surface area contributed by atoms with Gasteiger partial charge in [0.05, 0.1) is 11.7 Å². The van der Waals surface area contributed by atoms with Crippen LogP contribution in [0.5, 0.6) is 0 Å². The number of pyridine rings is 1. The van der Waals surface area contributed by atoms with Crippen molar-refractivity contribution in [2.45, 2.75) is 45.4 Å². The van der Waals surface area contributed by atoms with Crippen LogP contribution in [0.1, 0.15) is 54.5 Å². The van der Waals surface area contributed by atoms with Gasteiger partial charge in [-0.25, -0.2) is 4.39 Å². The third-order valence-corrected chi connectivity index (χ3v) is 6.18. The highest BCUT2D eigenvalue weighted by molar-refractivity contribution is 7.08. The summed E-state index contributed by atoms with van der Waals surface area (Å²) in [7, 11) is 0. The first-order valence-electron chi connectivity index (χ1n) is 9.62. The van der Waals surface area contributed by atoms with Gasteiger partial charge in [0.15, 0.2) is 0 Å². The van der Waals surface area contributed by atoms with Crippen LogP contribution in [-0.2, 0) is 19.0 Å². The third-order valence-electron chi connectivity index (χ3n) is 5.50. The van der Waals surface area contributed by atoms with Gasteiger partial charge in [0.2, 0.25) is 0 Å². The highest BCUT2D eigenvalue weighted by atomic mass is 32.1. The van der Waals surface area contributed by atoms with Gasteiger partial charge in [0.25, 0.3) is 0 Å². The van der Waals surface area contributed by atoms with Gasteiger partial charge in [-0.15, -0.1) is 0 Å². The molecule has 1 aliphatic rings. The zero-order valence-corrected chi connectivity index (χ0v) is 17.4. The molecule has 3 aromatic rings. The second kappa shape index (κ2) is 7.46. The minimum Gasteiger partial charge on any atom is -0.388 e. The molecule has 0 radical (unpaired) electrons. The number of aliphatic hydroxyl groups excluding tert-OH is 1. The van der Waals surface area contributed by atoms with E-state index in [1.807, 2.05) is 22.9 Å². The van der Waals surface area contributed by atoms with Crippen molar-refractivity contribution in [1.29, 1.82) is 0 Å². The monoisotopic (exact) mass is 435 g/mol. The second-order valence-electron chi connectivity index (χ2n) is 8.58. The van der Waals surface area contributed by atoms with E-state index in [0.717, 1.165) is 28.5 Å². The number of hydrogen-bond acceptors (Lipinski definition) is 3. The van der Waals surface area contributed by atoms with Gasteiger partial charge in [0, 0.05) is 23.4 Å². The first-order valence-corrected chi connectivity index (χ1v) is 10.6. The first-order chi connectivity index (χ1) is 14.0. The van der Waals surface area contributed by atoms with E-state index in [2.05, 4.69) is 13.8 Å². The summed E-state index contributed by atoms with van der Waals surface area (Å²) in [6.07, 6.45) is -3.88. The Kier molecular flexibility index (Phi) is 5.22. The number of halogens is 4. The van der Waals surface area contributed by atoms with E-state index >= 15 is 0 Å². The number of hydrogen-bond donors (Lipinski definition) is 1. The maximum absolute atomic E-state index is 14.4. The lowest BCUT2D eigenvalue weighted by Gasteiger charge is -2.35. The number of fused-ring (bicyclic) bond motifs is 1. The van der Waals surface area contributed by atoms with Crippen LogP contribution in [0.25, 0.3) is 11.1 Å². The molecular weight excluding hydrogens is 414 g/mol. The molecule has 4 rings (SSSR count). The number of rotatable bonds is 3. The summed E-state index contributed by atoms with van der Waals surface area (Å²) < 4.78 is 52.9. The molecule has 2 heterocycles. The molecule has 1 atom stereocenters. The van der Waals surface area contributed by atoms with Crippen molar-refractivity contribution in [3.63, 3.8) is 0 Å². The van der Waals surface area contributed by atoms with E-state index in [-0.39, 0.29) is 17.4 Å². The molecule has 2 aromatic heterocycles. The highest BCUT2D eigenvalue weighted by Gasteiger charge is 2.35. The Hall–Kier alpha value is -2.25. The molecule has 0 saturated heterocycles. The summed E-state index contributed by atoms with van der Waals surface area (Å²) in [4.78, 5) is 4.69. The van der Waals surface area contributed by atoms with Crippen LogP contribution in [0.2, 0.25) is 0 Å². The van der Waals surface area contributed by atoms with Gasteiger partial charge >= 0.3 is 6.18 Å². The Bertz CT molecular complexity index is 1070. The van der Waals surface area contributed by atoms with Gasteiger partial charge in [-0.1, -0.05) is 19.9 Å². The zero-order valence-electron chi connectivity index (χ0n) is 16.6. The van der Waals surface area contributed by atoms with E-state index in [0.29, 0.717) is 24.6 Å². The van der Waals surface area contributed by atoms with Crippen molar-refractivity contribution in [3.05, 3.63) is 75.0 Å². The van der Waals surface area contributed by atoms with Crippen molar-refractivity contribution in [1.82, 2.24) is 4.98 Å². The molecule has 30 heavy (non-hydrogen) atoms. The van der Waals surface area contributed by atoms with Gasteiger partial charge in [-0.05, 0) is 70.0 Å². The first kappa shape index (κ1) is 21.0. The van der Waals surface area contributed by atoms with Crippen LogP contribution in [-0.4, -0.2) is 10.1 Å². The average Bonchev–Trinajstić information content (AvgIpc) is 3.15. The summed E-state index contributed by atoms with van der Waals surface area (Å²) in [6, 6.07) is 6.36. The fourth-order valence-electron chi connectivity index (χ4n) is 4.13. The Balaban J connectivity index is 1.78. The molecule has 2 nitrogen and oxygen atoms in total. The standard InChI is InChI=1S/C23H21F4NOS/c1-22(2)10-19-21(20(29)11-22)17(14-5-6-30-12-14)9-16(28-19)7-13-3-4-15(8-18(13)24)23(25,26)27/h3-6,8-9,12,20,29H,7,10-11H2,1-2H3. The van der Waals surface area contributed by atoms with E-state index in [1.165, 1.54) is 17.4 Å². The molecule has 1 unspecified atom stereocenters. The fraction of sp³-hybridized carbons (Fsp3) is 0.348. The van der Waals surface area contributed by atoms with E-state index in [1.54, 1.807) is 0 Å². The summed E-state index contributed by atoms with van der Waals surface area (Å²) in [5, 5.41) is 14.7. The number of alkyl halides is 3. The molecule has 0 bridgehead atoms. The lowest BCUT2D eigenvalue weighted by atomic mass is 9.73. The quantitative estimate of drug-likeness (QED) is 0.473. The summed E-state index contributed by atoms with van der Waals surface area (Å²) in [5.41, 5.74) is 2.95. The largest absolute Gasteiger partial charge is 0.416 e. The summed E-state index contributed by atoms with van der Waals surface area (Å²) in [6.45, 7) is 4.13. The maximum Gasteiger partial charge on any atom is 0.416 e. The maximum atomic E-state index is 14.4. The SMILES string of the molecule is CC1(C)Cc2nc(Cc3ccc(C(F)(F)F)cc3F)cc(-c3ccsc3)c2C(O)C1. The number of nitrogens with zero attached hydrogens (tertiary/aromatic N) is 1. The summed E-state index contributed by atoms with van der Waals surface area (Å²) in [5.74, 6) is -0.901. The van der Waals surface area contributed by atoms with Crippen LogP contribution in [0.4, 0.5) is 17.6 Å². The zero-order chi connectivity index (χ0) is 21.7. The Morgan fingerprint density at radius 1 is 1.20 bits per heavy atom. The van der Waals surface area contributed by atoms with Crippen molar-refractivity contribution in [2.75, 3.05) is 0 Å². The predicted octanol–water partition coefficient (Wildman–Crippen LogP) is 6.56. The van der Waals surface area contributed by atoms with Crippen molar-refractivity contribution in [2.24, 2.45) is 5.41 Å². The normalized spacial score (nSPS) is 18.3. The fourth-order valence-corrected chi connectivity index (χ4v) is 4.79. The van der Waals surface area contributed by atoms with E-state index in [9.17, 15) is 22.7 Å². The van der Waals surface area contributed by atoms with Crippen LogP contribution < -0.4 is 0 Å². The van der Waals surface area contributed by atoms with Crippen LogP contribution in [0.15, 0.2) is 41.1 Å². The highest BCUT2D eigenvalue weighted by Crippen LogP contribution is 2.44. The number of aromatic nitrogens is 1. The summed E-state index contributed by atoms with van der Waals surface area (Å²) >= 11 is 1.53. The molecule has 1 N–H and O–H groups in total. The molecule has 0 spiro atoms. The van der Waals surface area contributed by atoms with E-state index in [4.69, 9.17) is 4.98 Å². The minimum atomic E-state index is -4.59. The van der Waals surface area contributed by atoms with Crippen molar-refractivity contribution >= 4 is 11.3 Å². The lowest BCUT2D eigenvalue weighted by molar-refractivity contribution is -0.137. The topological polar surface area (TPSA) is 33.1 Å². The van der Waals surface area contributed by atoms with Crippen LogP contribution in [0.3, 0.4) is 0 Å². The van der Waals surface area contributed by atoms with Crippen LogP contribution >= 0.6 is 11.3 Å². The number of benzene rings is 1. The van der Waals surface area contributed by atoms with Crippen molar-refractivity contribution in [3.8, 4) is 11.1 Å². The molecule has 1 aromatic carbocycles. The Morgan fingerprint density at radius 2 is 1.97 bits per heavy atom. The lowest BCUT2D eigenvalue weighted by Crippen LogP contribution is -2.27.